The fourth-order valence-electron chi connectivity index (χ4n) is 2.65. The number of hydrogen-bond acceptors (Lipinski definition) is 9. The summed E-state index contributed by atoms with van der Waals surface area (Å²) in [6.45, 7) is 3.90. The fourth-order valence-corrected chi connectivity index (χ4v) is 3.61. The van der Waals surface area contributed by atoms with Crippen LogP contribution in [0.3, 0.4) is 0 Å². The van der Waals surface area contributed by atoms with Gasteiger partial charge in [0.25, 0.3) is 0 Å². The van der Waals surface area contributed by atoms with Crippen molar-refractivity contribution in [2.24, 2.45) is 0 Å². The second-order valence-electron chi connectivity index (χ2n) is 6.14. The maximum absolute atomic E-state index is 11.7. The van der Waals surface area contributed by atoms with Crippen LogP contribution in [-0.2, 0) is 0 Å². The van der Waals surface area contributed by atoms with Gasteiger partial charge in [-0.3, -0.25) is 10.1 Å². The number of pyridine rings is 1. The Morgan fingerprint density at radius 1 is 1.00 bits per heavy atom. The van der Waals surface area contributed by atoms with E-state index in [1.807, 2.05) is 38.1 Å². The van der Waals surface area contributed by atoms with Gasteiger partial charge in [0.15, 0.2) is 5.13 Å². The number of rotatable bonds is 5. The number of nitrogens with zero attached hydrogens (tertiary/aromatic N) is 5. The summed E-state index contributed by atoms with van der Waals surface area (Å²) in [5.41, 5.74) is 2.63. The largest absolute Gasteiger partial charge is 0.354 e. The summed E-state index contributed by atoms with van der Waals surface area (Å²) in [6.07, 6.45) is 2.87. The summed E-state index contributed by atoms with van der Waals surface area (Å²) >= 11 is 1.40. The second-order valence-corrected chi connectivity index (χ2v) is 7.17. The Bertz CT molecular complexity index is 1190. The molecule has 10 heteroatoms. The summed E-state index contributed by atoms with van der Waals surface area (Å²) in [4.78, 5) is 27.9. The summed E-state index contributed by atoms with van der Waals surface area (Å²) in [6, 6.07) is 9.51. The van der Waals surface area contributed by atoms with E-state index in [1.54, 1.807) is 12.3 Å². The summed E-state index contributed by atoms with van der Waals surface area (Å²) in [7, 11) is 0. The van der Waals surface area contributed by atoms with Gasteiger partial charge in [0, 0.05) is 6.20 Å². The minimum absolute atomic E-state index is 0.0533. The molecule has 0 aliphatic heterocycles. The molecule has 3 heterocycles. The highest BCUT2D eigenvalue weighted by Gasteiger charge is 2.24. The van der Waals surface area contributed by atoms with Crippen molar-refractivity contribution in [3.8, 4) is 0 Å². The molecule has 9 nitrogen and oxygen atoms in total. The van der Waals surface area contributed by atoms with Gasteiger partial charge in [0.05, 0.1) is 15.1 Å². The van der Waals surface area contributed by atoms with Crippen LogP contribution < -0.4 is 10.6 Å². The fraction of sp³-hybridized carbons (Fsp3) is 0.111. The van der Waals surface area contributed by atoms with Crippen molar-refractivity contribution in [1.82, 2.24) is 19.9 Å². The number of hydrogen-bond donors (Lipinski definition) is 2. The van der Waals surface area contributed by atoms with E-state index in [-0.39, 0.29) is 17.3 Å². The molecule has 0 amide bonds. The zero-order chi connectivity index (χ0) is 19.7. The van der Waals surface area contributed by atoms with Gasteiger partial charge in [-0.2, -0.15) is 0 Å². The van der Waals surface area contributed by atoms with E-state index in [2.05, 4.69) is 30.6 Å². The van der Waals surface area contributed by atoms with Crippen LogP contribution in [-0.4, -0.2) is 24.9 Å². The average Bonchev–Trinajstić information content (AvgIpc) is 3.03. The summed E-state index contributed by atoms with van der Waals surface area (Å²) in [5.74, 6) is 0.576. The molecule has 3 aromatic heterocycles. The Hall–Kier alpha value is -3.66. The molecule has 0 aliphatic carbocycles. The third-order valence-corrected chi connectivity index (χ3v) is 4.87. The number of thiazole rings is 1. The molecule has 140 valence electrons. The van der Waals surface area contributed by atoms with Crippen LogP contribution in [0.2, 0.25) is 0 Å². The average molecular weight is 393 g/mol. The van der Waals surface area contributed by atoms with Crippen molar-refractivity contribution in [1.29, 1.82) is 0 Å². The van der Waals surface area contributed by atoms with Crippen LogP contribution in [0, 0.1) is 24.0 Å². The van der Waals surface area contributed by atoms with Gasteiger partial charge in [-0.05, 0) is 49.2 Å². The number of aromatic nitrogens is 4. The standard InChI is InChI=1S/C18H15N7O2S/c1-10-3-4-12-13(7-10)28-18(22-12)24-17-15(25(26)27)16(20-9-21-17)23-14-8-11(2)5-6-19-14/h3-9H,1-2H3,(H2,19,20,21,22,23,24). The number of aryl methyl sites for hydroxylation is 2. The quantitative estimate of drug-likeness (QED) is 0.376. The number of benzene rings is 1. The van der Waals surface area contributed by atoms with Crippen LogP contribution in [0.25, 0.3) is 10.2 Å². The third kappa shape index (κ3) is 3.58. The smallest absolute Gasteiger partial charge is 0.319 e. The van der Waals surface area contributed by atoms with Crippen LogP contribution in [0.1, 0.15) is 11.1 Å². The maximum Gasteiger partial charge on any atom is 0.354 e. The molecule has 0 unspecified atom stereocenters. The van der Waals surface area contributed by atoms with E-state index in [0.717, 1.165) is 21.3 Å². The topological polar surface area (TPSA) is 119 Å². The Kier molecular flexibility index (Phi) is 4.53. The number of nitro groups is 1. The highest BCUT2D eigenvalue weighted by molar-refractivity contribution is 7.22. The minimum atomic E-state index is -0.530. The van der Waals surface area contributed by atoms with Gasteiger partial charge in [-0.15, -0.1) is 0 Å². The first kappa shape index (κ1) is 17.7. The van der Waals surface area contributed by atoms with Crippen LogP contribution in [0.5, 0.6) is 0 Å². The molecule has 0 atom stereocenters. The SMILES string of the molecule is Cc1ccnc(Nc2ncnc(Nc3nc4ccc(C)cc4s3)c2[N+](=O)[O-])c1. The Morgan fingerprint density at radius 3 is 2.50 bits per heavy atom. The van der Waals surface area contributed by atoms with E-state index in [0.29, 0.717) is 10.9 Å². The van der Waals surface area contributed by atoms with E-state index in [4.69, 9.17) is 0 Å². The molecule has 28 heavy (non-hydrogen) atoms. The van der Waals surface area contributed by atoms with Crippen molar-refractivity contribution in [3.05, 3.63) is 64.1 Å². The van der Waals surface area contributed by atoms with Crippen molar-refractivity contribution in [3.63, 3.8) is 0 Å². The molecule has 2 N–H and O–H groups in total. The first-order valence-electron chi connectivity index (χ1n) is 8.33. The lowest BCUT2D eigenvalue weighted by molar-refractivity contribution is -0.383. The van der Waals surface area contributed by atoms with Gasteiger partial charge in [-0.25, -0.2) is 19.9 Å². The molecule has 0 saturated carbocycles. The van der Waals surface area contributed by atoms with E-state index >= 15 is 0 Å². The van der Waals surface area contributed by atoms with Gasteiger partial charge in [-0.1, -0.05) is 17.4 Å². The first-order valence-corrected chi connectivity index (χ1v) is 9.14. The Morgan fingerprint density at radius 2 is 1.75 bits per heavy atom. The normalized spacial score (nSPS) is 10.8. The second kappa shape index (κ2) is 7.16. The minimum Gasteiger partial charge on any atom is -0.319 e. The van der Waals surface area contributed by atoms with Gasteiger partial charge in [0.1, 0.15) is 12.1 Å². The number of nitrogens with one attached hydrogen (secondary N) is 2. The van der Waals surface area contributed by atoms with E-state index in [9.17, 15) is 10.1 Å². The van der Waals surface area contributed by atoms with Crippen LogP contribution in [0.4, 0.5) is 28.3 Å². The monoisotopic (exact) mass is 393 g/mol. The molecule has 4 rings (SSSR count). The summed E-state index contributed by atoms with van der Waals surface area (Å²) < 4.78 is 0.988. The molecule has 4 aromatic rings. The van der Waals surface area contributed by atoms with Crippen molar-refractivity contribution in [2.75, 3.05) is 10.6 Å². The van der Waals surface area contributed by atoms with Gasteiger partial charge < -0.3 is 10.6 Å². The summed E-state index contributed by atoms with van der Waals surface area (Å²) in [5, 5.41) is 18.1. The molecular weight excluding hydrogens is 378 g/mol. The lowest BCUT2D eigenvalue weighted by Gasteiger charge is -2.08. The van der Waals surface area contributed by atoms with Crippen molar-refractivity contribution in [2.45, 2.75) is 13.8 Å². The Balaban J connectivity index is 1.70. The van der Waals surface area contributed by atoms with Crippen LogP contribution >= 0.6 is 11.3 Å². The molecule has 0 aliphatic rings. The number of anilines is 4. The molecule has 1 aromatic carbocycles. The number of fused-ring (bicyclic) bond motifs is 1. The predicted molar refractivity (Wildman–Crippen MR) is 109 cm³/mol. The Labute approximate surface area is 163 Å². The van der Waals surface area contributed by atoms with E-state index < -0.39 is 4.92 Å². The van der Waals surface area contributed by atoms with Gasteiger partial charge in [0.2, 0.25) is 11.6 Å². The molecule has 0 radical (unpaired) electrons. The highest BCUT2D eigenvalue weighted by Crippen LogP contribution is 2.35. The lowest BCUT2D eigenvalue weighted by Crippen LogP contribution is -2.06. The first-order chi connectivity index (χ1) is 13.5. The lowest BCUT2D eigenvalue weighted by atomic mass is 10.2. The van der Waals surface area contributed by atoms with Crippen LogP contribution in [0.15, 0.2) is 42.9 Å². The van der Waals surface area contributed by atoms with Crippen molar-refractivity contribution >= 4 is 49.8 Å². The third-order valence-electron chi connectivity index (χ3n) is 3.94. The molecule has 0 fully saturated rings. The molecule has 0 spiro atoms. The van der Waals surface area contributed by atoms with Crippen molar-refractivity contribution < 1.29 is 4.92 Å². The van der Waals surface area contributed by atoms with Gasteiger partial charge >= 0.3 is 5.69 Å². The zero-order valence-corrected chi connectivity index (χ0v) is 15.8. The van der Waals surface area contributed by atoms with E-state index in [1.165, 1.54) is 17.7 Å². The molecule has 0 bridgehead atoms. The molecular formula is C18H15N7O2S. The maximum atomic E-state index is 11.7. The highest BCUT2D eigenvalue weighted by atomic mass is 32.1. The zero-order valence-electron chi connectivity index (χ0n) is 15.0. The predicted octanol–water partition coefficient (Wildman–Crippen LogP) is 4.49. The molecule has 0 saturated heterocycles.